The van der Waals surface area contributed by atoms with Crippen LogP contribution in [0.15, 0.2) is 24.0 Å². The molecule has 0 spiro atoms. The maximum absolute atomic E-state index is 14.4. The Balaban J connectivity index is 1.31. The lowest BCUT2D eigenvalue weighted by atomic mass is 9.71. The fraction of sp³-hybridized carbons (Fsp3) is 0.722. The van der Waals surface area contributed by atoms with E-state index in [1.165, 1.54) is 0 Å². The summed E-state index contributed by atoms with van der Waals surface area (Å²) >= 11 is 0. The molecular formula is C36H53N3O8. The van der Waals surface area contributed by atoms with Crippen molar-refractivity contribution >= 4 is 11.9 Å². The van der Waals surface area contributed by atoms with Gasteiger partial charge in [0.15, 0.2) is 23.2 Å². The molecule has 0 aromatic heterocycles. The highest BCUT2D eigenvalue weighted by Gasteiger charge is 2.52. The smallest absolute Gasteiger partial charge is 0.339 e. The molecule has 4 heterocycles. The number of fused-ring (bicyclic) bond motifs is 3. The number of carbonyl (C=O) groups excluding carboxylic acids is 2. The number of hydrogen-bond acceptors (Lipinski definition) is 10. The predicted octanol–water partition coefficient (Wildman–Crippen LogP) is 3.21. The lowest BCUT2D eigenvalue weighted by Gasteiger charge is -2.48. The average Bonchev–Trinajstić information content (AvgIpc) is 3.43. The van der Waals surface area contributed by atoms with E-state index >= 15 is 0 Å². The van der Waals surface area contributed by atoms with Gasteiger partial charge in [0.05, 0.1) is 19.1 Å². The van der Waals surface area contributed by atoms with Crippen molar-refractivity contribution in [2.75, 3.05) is 53.2 Å². The van der Waals surface area contributed by atoms with Crippen molar-refractivity contribution in [1.82, 2.24) is 14.7 Å². The number of piperazine rings is 1. The summed E-state index contributed by atoms with van der Waals surface area (Å²) in [5, 5.41) is 22.5. The van der Waals surface area contributed by atoms with Crippen LogP contribution in [-0.4, -0.2) is 119 Å². The van der Waals surface area contributed by atoms with E-state index in [0.29, 0.717) is 43.5 Å². The zero-order valence-electron chi connectivity index (χ0n) is 28.7. The fourth-order valence-electron chi connectivity index (χ4n) is 8.32. The van der Waals surface area contributed by atoms with Crippen molar-refractivity contribution in [3.05, 3.63) is 35.1 Å². The van der Waals surface area contributed by atoms with Crippen LogP contribution in [0, 0.1) is 5.92 Å². The number of rotatable bonds is 10. The van der Waals surface area contributed by atoms with E-state index in [0.717, 1.165) is 62.3 Å². The summed E-state index contributed by atoms with van der Waals surface area (Å²) in [6, 6.07) is 4.55. The minimum absolute atomic E-state index is 0.00953. The van der Waals surface area contributed by atoms with Gasteiger partial charge in [-0.25, -0.2) is 4.79 Å². The molecule has 1 aliphatic carbocycles. The van der Waals surface area contributed by atoms with Gasteiger partial charge >= 0.3 is 5.97 Å². The van der Waals surface area contributed by atoms with Gasteiger partial charge in [-0.15, -0.1) is 0 Å². The molecule has 2 saturated heterocycles. The van der Waals surface area contributed by atoms with Gasteiger partial charge in [-0.1, -0.05) is 0 Å². The molecule has 0 saturated carbocycles. The molecule has 5 atom stereocenters. The molecule has 0 radical (unpaired) electrons. The molecule has 11 nitrogen and oxygen atoms in total. The minimum Gasteiger partial charge on any atom is -0.497 e. The number of methoxy groups -OCH3 is 1. The average molecular weight is 656 g/mol. The van der Waals surface area contributed by atoms with Crippen molar-refractivity contribution in [2.45, 2.75) is 108 Å². The third-order valence-electron chi connectivity index (χ3n) is 10.9. The number of benzene rings is 1. The largest absolute Gasteiger partial charge is 0.497 e. The van der Waals surface area contributed by atoms with Crippen LogP contribution in [0.3, 0.4) is 0 Å². The molecule has 2 fully saturated rings. The number of nitrogens with zero attached hydrogens (tertiary/aromatic N) is 3. The molecule has 2 N–H and O–H groups in total. The third kappa shape index (κ3) is 7.14. The molecular weight excluding hydrogens is 602 g/mol. The van der Waals surface area contributed by atoms with E-state index in [-0.39, 0.29) is 43.4 Å². The summed E-state index contributed by atoms with van der Waals surface area (Å²) in [7, 11) is 1.60. The van der Waals surface area contributed by atoms with E-state index in [1.54, 1.807) is 25.9 Å². The number of carbonyl (C=O) groups is 2. The lowest BCUT2D eigenvalue weighted by Crippen LogP contribution is -2.56. The molecule has 4 aliphatic heterocycles. The van der Waals surface area contributed by atoms with E-state index in [1.807, 2.05) is 6.07 Å². The van der Waals surface area contributed by atoms with Gasteiger partial charge in [0.25, 0.3) is 0 Å². The second kappa shape index (κ2) is 13.6. The van der Waals surface area contributed by atoms with Gasteiger partial charge in [0, 0.05) is 50.7 Å². The Kier molecular flexibility index (Phi) is 9.82. The van der Waals surface area contributed by atoms with Crippen LogP contribution in [0.4, 0.5) is 0 Å². The normalized spacial score (nSPS) is 27.3. The van der Waals surface area contributed by atoms with Gasteiger partial charge in [0.2, 0.25) is 12.7 Å². The molecule has 260 valence electrons. The maximum atomic E-state index is 14.4. The number of esters is 1. The first-order valence-corrected chi connectivity index (χ1v) is 17.5. The number of ether oxygens (including phenoxy) is 4. The molecule has 5 unspecified atom stereocenters. The summed E-state index contributed by atoms with van der Waals surface area (Å²) in [5.41, 5.74) is -0.879. The Hall–Kier alpha value is -2.86. The lowest BCUT2D eigenvalue weighted by molar-refractivity contribution is -0.178. The molecule has 11 heteroatoms. The summed E-state index contributed by atoms with van der Waals surface area (Å²) in [5.74, 6) is 0.807. The van der Waals surface area contributed by atoms with E-state index in [9.17, 15) is 19.8 Å². The van der Waals surface area contributed by atoms with Crippen LogP contribution in [0.5, 0.6) is 11.5 Å². The van der Waals surface area contributed by atoms with Gasteiger partial charge in [0.1, 0.15) is 5.76 Å². The molecule has 1 aromatic rings. The Morgan fingerprint density at radius 2 is 1.74 bits per heavy atom. The standard InChI is InChI=1S/C36H53N3O8/c1-23(2)37-14-16-38(17-15-37)30(40)21-36(43,11-7-10-35(3,4)42)34(41)47-33-29(44-5)19-25-8-6-12-39-13-9-24-18-27-28(46-22-45-27)20-26(24)31(33)32(25)39/h18-20,23,25,31-33,42-43H,6-17,21-22H2,1-5H3. The van der Waals surface area contributed by atoms with Crippen LogP contribution in [0.25, 0.3) is 0 Å². The first-order valence-electron chi connectivity index (χ1n) is 17.5. The fourth-order valence-corrected chi connectivity index (χ4v) is 8.32. The molecule has 1 aromatic carbocycles. The highest BCUT2D eigenvalue weighted by molar-refractivity contribution is 5.88. The first-order chi connectivity index (χ1) is 22.4. The van der Waals surface area contributed by atoms with Crippen molar-refractivity contribution in [1.29, 1.82) is 0 Å². The van der Waals surface area contributed by atoms with Gasteiger partial charge < -0.3 is 34.1 Å². The minimum atomic E-state index is -2.07. The molecule has 6 rings (SSSR count). The predicted molar refractivity (Wildman–Crippen MR) is 175 cm³/mol. The monoisotopic (exact) mass is 655 g/mol. The topological polar surface area (TPSA) is 121 Å². The molecule has 5 aliphatic rings. The Morgan fingerprint density at radius 1 is 1.02 bits per heavy atom. The number of piperidine rings is 1. The SMILES string of the molecule is COC1=CC2CCCN3CCc4cc5c(cc4C(C1OC(=O)C(O)(CCCC(C)(C)O)CC(=O)N1CCN(C(C)C)CC1)C23)OCO5. The van der Waals surface area contributed by atoms with Gasteiger partial charge in [-0.3, -0.25) is 14.6 Å². The van der Waals surface area contributed by atoms with E-state index in [2.05, 4.69) is 35.8 Å². The molecule has 1 amide bonds. The number of amides is 1. The Morgan fingerprint density at radius 3 is 2.43 bits per heavy atom. The second-order valence-corrected chi connectivity index (χ2v) is 15.0. The molecule has 0 bridgehead atoms. The first kappa shape index (κ1) is 34.0. The van der Waals surface area contributed by atoms with Crippen LogP contribution >= 0.6 is 0 Å². The second-order valence-electron chi connectivity index (χ2n) is 15.0. The highest BCUT2D eigenvalue weighted by atomic mass is 16.7. The zero-order valence-corrected chi connectivity index (χ0v) is 28.7. The van der Waals surface area contributed by atoms with Crippen molar-refractivity contribution in [3.63, 3.8) is 0 Å². The molecule has 47 heavy (non-hydrogen) atoms. The summed E-state index contributed by atoms with van der Waals surface area (Å²) in [4.78, 5) is 34.6. The Labute approximate surface area is 278 Å². The third-order valence-corrected chi connectivity index (χ3v) is 10.9. The van der Waals surface area contributed by atoms with Crippen LogP contribution in [0.2, 0.25) is 0 Å². The maximum Gasteiger partial charge on any atom is 0.339 e. The van der Waals surface area contributed by atoms with Gasteiger partial charge in [-0.05, 0) is 108 Å². The van der Waals surface area contributed by atoms with Crippen molar-refractivity contribution < 1.29 is 38.7 Å². The zero-order chi connectivity index (χ0) is 33.5. The summed E-state index contributed by atoms with van der Waals surface area (Å²) < 4.78 is 23.9. The quantitative estimate of drug-likeness (QED) is 0.364. The van der Waals surface area contributed by atoms with E-state index < -0.39 is 23.3 Å². The van der Waals surface area contributed by atoms with Crippen molar-refractivity contribution in [2.24, 2.45) is 5.92 Å². The Bertz CT molecular complexity index is 1350. The van der Waals surface area contributed by atoms with Crippen LogP contribution in [-0.2, 0) is 25.5 Å². The van der Waals surface area contributed by atoms with Crippen LogP contribution in [0.1, 0.15) is 83.3 Å². The summed E-state index contributed by atoms with van der Waals surface area (Å²) in [6.45, 7) is 12.2. The summed E-state index contributed by atoms with van der Waals surface area (Å²) in [6.07, 6.45) is 4.51. The highest BCUT2D eigenvalue weighted by Crippen LogP contribution is 2.50. The van der Waals surface area contributed by atoms with Crippen LogP contribution < -0.4 is 9.47 Å². The van der Waals surface area contributed by atoms with E-state index in [4.69, 9.17) is 18.9 Å². The van der Waals surface area contributed by atoms with Crippen molar-refractivity contribution in [3.8, 4) is 11.5 Å². The number of hydrogen-bond donors (Lipinski definition) is 2. The number of aliphatic hydroxyl groups is 2. The van der Waals surface area contributed by atoms with Gasteiger partial charge in [-0.2, -0.15) is 0 Å².